The summed E-state index contributed by atoms with van der Waals surface area (Å²) in [5.41, 5.74) is 2.01. The van der Waals surface area contributed by atoms with Crippen LogP contribution in [-0.2, 0) is 32.1 Å². The molecule has 3 aromatic rings. The number of Topliss-reactive ketones (excluding diaryl/α,β-unsaturated/α-hetero) is 1. The number of para-hydroxylation sites is 1. The first-order valence-electron chi connectivity index (χ1n) is 9.49. The molecule has 0 aliphatic heterocycles. The molecule has 0 bridgehead atoms. The van der Waals surface area contributed by atoms with Crippen molar-refractivity contribution in [3.8, 4) is 0 Å². The Bertz CT molecular complexity index is 1040. The summed E-state index contributed by atoms with van der Waals surface area (Å²) < 4.78 is 15.9. The molecule has 1 N–H and O–H groups in total. The van der Waals surface area contributed by atoms with Crippen molar-refractivity contribution >= 4 is 28.6 Å². The molecule has 156 valence electrons. The molecule has 3 rings (SSSR count). The van der Waals surface area contributed by atoms with E-state index in [0.717, 1.165) is 10.9 Å². The van der Waals surface area contributed by atoms with Gasteiger partial charge in [-0.15, -0.1) is 0 Å². The zero-order valence-electron chi connectivity index (χ0n) is 16.8. The Balaban J connectivity index is 1.64. The van der Waals surface area contributed by atoms with Gasteiger partial charge in [-0.05, 0) is 25.0 Å². The van der Waals surface area contributed by atoms with Crippen LogP contribution in [0.2, 0.25) is 0 Å². The van der Waals surface area contributed by atoms with Crippen LogP contribution in [0.3, 0.4) is 0 Å². The average Bonchev–Trinajstić information content (AvgIpc) is 3.11. The molecular weight excluding hydrogens is 386 g/mol. The van der Waals surface area contributed by atoms with E-state index in [1.165, 1.54) is 14.0 Å². The second kappa shape index (κ2) is 9.84. The van der Waals surface area contributed by atoms with Gasteiger partial charge in [0.25, 0.3) is 5.91 Å². The lowest BCUT2D eigenvalue weighted by atomic mass is 10.0. The summed E-state index contributed by atoms with van der Waals surface area (Å²) >= 11 is 0. The summed E-state index contributed by atoms with van der Waals surface area (Å²) in [5, 5.41) is 3.36. The molecule has 1 aromatic heterocycles. The Morgan fingerprint density at radius 2 is 1.73 bits per heavy atom. The number of carbonyl (C=O) groups excluding carboxylic acids is 3. The normalized spacial score (nSPS) is 11.8. The molecule has 1 atom stereocenters. The lowest BCUT2D eigenvalue weighted by Gasteiger charge is -2.16. The third kappa shape index (κ3) is 5.12. The van der Waals surface area contributed by atoms with E-state index in [2.05, 4.69) is 5.32 Å². The number of ether oxygens (including phenoxy) is 2. The molecule has 0 unspecified atom stereocenters. The fourth-order valence-corrected chi connectivity index (χ4v) is 3.13. The van der Waals surface area contributed by atoms with Gasteiger partial charge >= 0.3 is 5.97 Å². The molecule has 0 radical (unpaired) electrons. The highest BCUT2D eigenvalue weighted by Gasteiger charge is 2.23. The molecule has 0 fully saturated rings. The fraction of sp³-hybridized carbons (Fsp3) is 0.261. The highest BCUT2D eigenvalue weighted by molar-refractivity contribution is 5.97. The molecular formula is C23H23NO6. The number of amides is 1. The van der Waals surface area contributed by atoms with Gasteiger partial charge in [-0.3, -0.25) is 9.59 Å². The SMILES string of the molecule is COCc1c(C(=O)OCC(=O)N[C@@H](Cc2ccccc2)C(C)=O)oc2ccccc12. The third-order valence-electron chi connectivity index (χ3n) is 4.62. The quantitative estimate of drug-likeness (QED) is 0.546. The first kappa shape index (κ1) is 21.3. The van der Waals surface area contributed by atoms with Gasteiger partial charge in [0.2, 0.25) is 5.76 Å². The highest BCUT2D eigenvalue weighted by Crippen LogP contribution is 2.27. The number of methoxy groups -OCH3 is 1. The van der Waals surface area contributed by atoms with Crippen molar-refractivity contribution in [2.45, 2.75) is 26.0 Å². The Morgan fingerprint density at radius 1 is 1.03 bits per heavy atom. The zero-order valence-corrected chi connectivity index (χ0v) is 16.8. The van der Waals surface area contributed by atoms with Gasteiger partial charge < -0.3 is 19.2 Å². The summed E-state index contributed by atoms with van der Waals surface area (Å²) in [6, 6.07) is 15.8. The van der Waals surface area contributed by atoms with E-state index in [1.807, 2.05) is 42.5 Å². The maximum Gasteiger partial charge on any atom is 0.375 e. The van der Waals surface area contributed by atoms with Gasteiger partial charge in [-0.2, -0.15) is 0 Å². The second-order valence-corrected chi connectivity index (χ2v) is 6.84. The number of esters is 1. The van der Waals surface area contributed by atoms with E-state index < -0.39 is 24.5 Å². The number of nitrogens with one attached hydrogen (secondary N) is 1. The van der Waals surface area contributed by atoms with E-state index in [0.29, 0.717) is 17.6 Å². The van der Waals surface area contributed by atoms with Crippen molar-refractivity contribution in [2.24, 2.45) is 0 Å². The van der Waals surface area contributed by atoms with Crippen molar-refractivity contribution < 1.29 is 28.3 Å². The van der Waals surface area contributed by atoms with Gasteiger partial charge in [0.15, 0.2) is 12.4 Å². The molecule has 0 aliphatic carbocycles. The van der Waals surface area contributed by atoms with E-state index in [-0.39, 0.29) is 18.2 Å². The monoisotopic (exact) mass is 409 g/mol. The van der Waals surface area contributed by atoms with Crippen LogP contribution in [0, 0.1) is 0 Å². The summed E-state index contributed by atoms with van der Waals surface area (Å²) in [4.78, 5) is 36.7. The van der Waals surface area contributed by atoms with E-state index in [1.54, 1.807) is 12.1 Å². The minimum Gasteiger partial charge on any atom is -0.450 e. The number of carbonyl (C=O) groups is 3. The van der Waals surface area contributed by atoms with Crippen molar-refractivity contribution in [2.75, 3.05) is 13.7 Å². The zero-order chi connectivity index (χ0) is 21.5. The lowest BCUT2D eigenvalue weighted by Crippen LogP contribution is -2.43. The number of benzene rings is 2. The van der Waals surface area contributed by atoms with Gasteiger partial charge in [0, 0.05) is 18.1 Å². The van der Waals surface area contributed by atoms with Crippen LogP contribution in [0.4, 0.5) is 0 Å². The van der Waals surface area contributed by atoms with Gasteiger partial charge in [0.05, 0.1) is 12.6 Å². The van der Waals surface area contributed by atoms with Crippen LogP contribution in [-0.4, -0.2) is 37.4 Å². The molecule has 1 heterocycles. The number of hydrogen-bond donors (Lipinski definition) is 1. The summed E-state index contributed by atoms with van der Waals surface area (Å²) in [6.45, 7) is 1.04. The smallest absolute Gasteiger partial charge is 0.375 e. The number of ketones is 1. The van der Waals surface area contributed by atoms with Crippen LogP contribution >= 0.6 is 0 Å². The molecule has 0 aliphatic rings. The second-order valence-electron chi connectivity index (χ2n) is 6.84. The molecule has 1 amide bonds. The predicted octanol–water partition coefficient (Wildman–Crippen LogP) is 3.05. The maximum absolute atomic E-state index is 12.5. The Labute approximate surface area is 174 Å². The first-order chi connectivity index (χ1) is 14.5. The molecule has 30 heavy (non-hydrogen) atoms. The lowest BCUT2D eigenvalue weighted by molar-refractivity contribution is -0.128. The van der Waals surface area contributed by atoms with Crippen LogP contribution in [0.5, 0.6) is 0 Å². The number of fused-ring (bicyclic) bond motifs is 1. The molecule has 7 nitrogen and oxygen atoms in total. The van der Waals surface area contributed by atoms with E-state index in [9.17, 15) is 14.4 Å². The molecule has 0 saturated heterocycles. The Kier molecular flexibility index (Phi) is 6.98. The maximum atomic E-state index is 12.5. The standard InChI is InChI=1S/C23H23NO6/c1-15(25)19(12-16-8-4-3-5-9-16)24-21(26)14-29-23(27)22-18(13-28-2)17-10-6-7-11-20(17)30-22/h3-11,19H,12-14H2,1-2H3,(H,24,26)/t19-/m0/s1. The number of furan rings is 1. The summed E-state index contributed by atoms with van der Waals surface area (Å²) in [5.74, 6) is -1.52. The van der Waals surface area contributed by atoms with E-state index >= 15 is 0 Å². The topological polar surface area (TPSA) is 94.8 Å². The third-order valence-corrected chi connectivity index (χ3v) is 4.62. The van der Waals surface area contributed by atoms with Gasteiger partial charge in [-0.1, -0.05) is 48.5 Å². The summed E-state index contributed by atoms with van der Waals surface area (Å²) in [6.07, 6.45) is 0.359. The summed E-state index contributed by atoms with van der Waals surface area (Å²) in [7, 11) is 1.51. The van der Waals surface area contributed by atoms with Crippen molar-refractivity contribution in [1.82, 2.24) is 5.32 Å². The van der Waals surface area contributed by atoms with Crippen molar-refractivity contribution in [1.29, 1.82) is 0 Å². The average molecular weight is 409 g/mol. The number of hydrogen-bond acceptors (Lipinski definition) is 6. The largest absolute Gasteiger partial charge is 0.450 e. The van der Waals surface area contributed by atoms with Crippen molar-refractivity contribution in [3.05, 3.63) is 71.5 Å². The first-order valence-corrected chi connectivity index (χ1v) is 9.49. The Morgan fingerprint density at radius 3 is 2.43 bits per heavy atom. The van der Waals surface area contributed by atoms with E-state index in [4.69, 9.17) is 13.9 Å². The molecule has 0 saturated carbocycles. The van der Waals surface area contributed by atoms with Crippen LogP contribution in [0.25, 0.3) is 11.0 Å². The highest BCUT2D eigenvalue weighted by atomic mass is 16.5. The minimum atomic E-state index is -0.768. The van der Waals surface area contributed by atoms with Gasteiger partial charge in [0.1, 0.15) is 5.58 Å². The predicted molar refractivity (Wildman–Crippen MR) is 110 cm³/mol. The minimum absolute atomic E-state index is 0.00162. The van der Waals surface area contributed by atoms with Crippen LogP contribution in [0.15, 0.2) is 59.0 Å². The Hall–Kier alpha value is -3.45. The number of rotatable bonds is 9. The molecule has 7 heteroatoms. The van der Waals surface area contributed by atoms with Crippen LogP contribution in [0.1, 0.15) is 28.6 Å². The molecule has 2 aromatic carbocycles. The van der Waals surface area contributed by atoms with Gasteiger partial charge in [-0.25, -0.2) is 4.79 Å². The molecule has 0 spiro atoms. The van der Waals surface area contributed by atoms with Crippen molar-refractivity contribution in [3.63, 3.8) is 0 Å². The fourth-order valence-electron chi connectivity index (χ4n) is 3.13. The van der Waals surface area contributed by atoms with Crippen LogP contribution < -0.4 is 5.32 Å².